The Morgan fingerprint density at radius 1 is 0.896 bits per heavy atom. The molecule has 1 N–H and O–H groups in total. The number of amides is 1. The molecule has 1 unspecified atom stereocenters. The summed E-state index contributed by atoms with van der Waals surface area (Å²) in [5, 5.41) is 20.5. The minimum absolute atomic E-state index is 0.0442. The maximum Gasteiger partial charge on any atom is 0.301 e. The molecular weight excluding hydrogens is 643 g/mol. The smallest absolute Gasteiger partial charge is 0.301 e. The summed E-state index contributed by atoms with van der Waals surface area (Å²) in [5.41, 5.74) is 5.43. The summed E-state index contributed by atoms with van der Waals surface area (Å²) in [4.78, 5) is 28.7. The molecule has 0 radical (unpaired) electrons. The number of aliphatic hydroxyl groups excluding tert-OH is 1. The lowest BCUT2D eigenvalue weighted by atomic mass is 9.95. The highest BCUT2D eigenvalue weighted by atomic mass is 32.2. The number of Topliss-reactive ketones (excluding diaryl/α,β-unsaturated/α-hetero) is 1. The van der Waals surface area contributed by atoms with Crippen LogP contribution in [0.3, 0.4) is 0 Å². The van der Waals surface area contributed by atoms with Crippen LogP contribution < -0.4 is 14.4 Å². The number of ketones is 1. The van der Waals surface area contributed by atoms with Gasteiger partial charge in [-0.1, -0.05) is 108 Å². The van der Waals surface area contributed by atoms with Gasteiger partial charge in [0, 0.05) is 11.3 Å². The zero-order chi connectivity index (χ0) is 33.6. The largest absolute Gasteiger partial charge is 0.507 e. The third kappa shape index (κ3) is 7.35. The van der Waals surface area contributed by atoms with Crippen LogP contribution in [0.2, 0.25) is 0 Å². The van der Waals surface area contributed by atoms with E-state index in [-0.39, 0.29) is 16.5 Å². The van der Waals surface area contributed by atoms with Crippen LogP contribution in [0.4, 0.5) is 5.13 Å². The Morgan fingerprint density at radius 3 is 2.31 bits per heavy atom. The Hall–Kier alpha value is -5.19. The number of ether oxygens (including phenoxy) is 2. The lowest BCUT2D eigenvalue weighted by Gasteiger charge is -2.22. The predicted octanol–water partition coefficient (Wildman–Crippen LogP) is 8.22. The van der Waals surface area contributed by atoms with Crippen LogP contribution in [0, 0.1) is 13.8 Å². The highest BCUT2D eigenvalue weighted by molar-refractivity contribution is 8.00. The van der Waals surface area contributed by atoms with Crippen molar-refractivity contribution in [1.82, 2.24) is 10.2 Å². The summed E-state index contributed by atoms with van der Waals surface area (Å²) in [6.45, 7) is 8.46. The Morgan fingerprint density at radius 2 is 1.60 bits per heavy atom. The van der Waals surface area contributed by atoms with Crippen LogP contribution in [0.25, 0.3) is 5.76 Å². The second-order valence-electron chi connectivity index (χ2n) is 11.3. The SMILES string of the molecule is C=CCOc1ccc(C2C(=C(O)c3ccc(OCc4cccc(C)c4)cc3)C(=O)C(=O)N2c2nnc(SCc3ccc(C)cc3)s2)cc1. The fourth-order valence-corrected chi connectivity index (χ4v) is 7.09. The summed E-state index contributed by atoms with van der Waals surface area (Å²) < 4.78 is 12.2. The molecule has 1 aliphatic rings. The number of anilines is 1. The Kier molecular flexibility index (Phi) is 10.0. The molecule has 1 saturated heterocycles. The lowest BCUT2D eigenvalue weighted by Crippen LogP contribution is -2.29. The van der Waals surface area contributed by atoms with Crippen molar-refractivity contribution in [2.75, 3.05) is 11.5 Å². The Balaban J connectivity index is 1.30. The van der Waals surface area contributed by atoms with Gasteiger partial charge in [-0.3, -0.25) is 14.5 Å². The van der Waals surface area contributed by atoms with Crippen molar-refractivity contribution < 1.29 is 24.2 Å². The number of hydrogen-bond acceptors (Lipinski definition) is 9. The van der Waals surface area contributed by atoms with Gasteiger partial charge < -0.3 is 14.6 Å². The van der Waals surface area contributed by atoms with Crippen molar-refractivity contribution >= 4 is 45.7 Å². The zero-order valence-corrected chi connectivity index (χ0v) is 28.1. The number of aliphatic hydroxyl groups is 1. The monoisotopic (exact) mass is 675 g/mol. The molecule has 2 heterocycles. The number of thioether (sulfide) groups is 1. The summed E-state index contributed by atoms with van der Waals surface area (Å²) in [6, 6.07) is 29.2. The minimum Gasteiger partial charge on any atom is -0.507 e. The molecule has 10 heteroatoms. The van der Waals surface area contributed by atoms with Crippen LogP contribution in [0.15, 0.2) is 120 Å². The zero-order valence-electron chi connectivity index (χ0n) is 26.5. The van der Waals surface area contributed by atoms with E-state index < -0.39 is 17.7 Å². The van der Waals surface area contributed by atoms with Crippen molar-refractivity contribution in [3.05, 3.63) is 149 Å². The van der Waals surface area contributed by atoms with E-state index in [2.05, 4.69) is 47.1 Å². The van der Waals surface area contributed by atoms with E-state index in [0.29, 0.717) is 45.9 Å². The summed E-state index contributed by atoms with van der Waals surface area (Å²) >= 11 is 2.72. The van der Waals surface area contributed by atoms with E-state index in [9.17, 15) is 14.7 Å². The van der Waals surface area contributed by atoms with E-state index >= 15 is 0 Å². The van der Waals surface area contributed by atoms with Crippen molar-refractivity contribution in [3.8, 4) is 11.5 Å². The van der Waals surface area contributed by atoms with Gasteiger partial charge >= 0.3 is 5.91 Å². The molecule has 0 saturated carbocycles. The van der Waals surface area contributed by atoms with Gasteiger partial charge in [0.05, 0.1) is 11.6 Å². The number of aromatic nitrogens is 2. The highest BCUT2D eigenvalue weighted by Crippen LogP contribution is 2.44. The van der Waals surface area contributed by atoms with Crippen LogP contribution >= 0.6 is 23.1 Å². The number of carbonyl (C=O) groups excluding carboxylic acids is 2. The van der Waals surface area contributed by atoms with Gasteiger partial charge in [0.25, 0.3) is 5.78 Å². The van der Waals surface area contributed by atoms with E-state index in [4.69, 9.17) is 9.47 Å². The molecule has 6 rings (SSSR count). The molecule has 48 heavy (non-hydrogen) atoms. The van der Waals surface area contributed by atoms with Gasteiger partial charge in [0.2, 0.25) is 5.13 Å². The van der Waals surface area contributed by atoms with Gasteiger partial charge in [-0.25, -0.2) is 0 Å². The number of benzene rings is 4. The third-order valence-corrected chi connectivity index (χ3v) is 9.84. The van der Waals surface area contributed by atoms with Gasteiger partial charge in [-0.15, -0.1) is 10.2 Å². The first-order chi connectivity index (χ1) is 23.3. The van der Waals surface area contributed by atoms with Crippen LogP contribution in [-0.4, -0.2) is 33.6 Å². The number of nitrogens with zero attached hydrogens (tertiary/aromatic N) is 3. The molecule has 0 aliphatic carbocycles. The first kappa shape index (κ1) is 32.7. The lowest BCUT2D eigenvalue weighted by molar-refractivity contribution is -0.132. The second-order valence-corrected chi connectivity index (χ2v) is 13.4. The van der Waals surface area contributed by atoms with Crippen LogP contribution in [-0.2, 0) is 21.9 Å². The number of aryl methyl sites for hydroxylation is 2. The molecule has 1 amide bonds. The van der Waals surface area contributed by atoms with E-state index in [1.54, 1.807) is 54.6 Å². The second kappa shape index (κ2) is 14.7. The van der Waals surface area contributed by atoms with E-state index in [0.717, 1.165) is 16.7 Å². The average molecular weight is 676 g/mol. The molecule has 5 aromatic rings. The Bertz CT molecular complexity index is 1970. The molecule has 1 atom stereocenters. The number of rotatable bonds is 12. The maximum absolute atomic E-state index is 13.7. The molecule has 0 spiro atoms. The molecule has 0 bridgehead atoms. The van der Waals surface area contributed by atoms with E-state index in [1.165, 1.54) is 33.6 Å². The topological polar surface area (TPSA) is 102 Å². The normalized spacial score (nSPS) is 15.5. The van der Waals surface area contributed by atoms with Crippen molar-refractivity contribution in [2.45, 2.75) is 36.6 Å². The quantitative estimate of drug-likeness (QED) is 0.0353. The Labute approximate surface area is 287 Å². The van der Waals surface area contributed by atoms with Crippen molar-refractivity contribution in [3.63, 3.8) is 0 Å². The third-order valence-electron chi connectivity index (χ3n) is 7.71. The number of carbonyl (C=O) groups is 2. The molecule has 1 aromatic heterocycles. The van der Waals surface area contributed by atoms with E-state index in [1.807, 2.05) is 32.0 Å². The van der Waals surface area contributed by atoms with Crippen molar-refractivity contribution in [1.29, 1.82) is 0 Å². The molecule has 8 nitrogen and oxygen atoms in total. The van der Waals surface area contributed by atoms with Crippen molar-refractivity contribution in [2.24, 2.45) is 0 Å². The molecule has 1 fully saturated rings. The molecular formula is C38H33N3O5S2. The predicted molar refractivity (Wildman–Crippen MR) is 190 cm³/mol. The van der Waals surface area contributed by atoms with Gasteiger partial charge in [-0.2, -0.15) is 0 Å². The summed E-state index contributed by atoms with van der Waals surface area (Å²) in [7, 11) is 0. The van der Waals surface area contributed by atoms with Crippen LogP contribution in [0.5, 0.6) is 11.5 Å². The standard InChI is InChI=1S/C38H33N3O5S2/c1-4-20-45-30-16-12-28(13-17-30)33-32(34(42)29-14-18-31(19-15-29)46-22-27-7-5-6-25(3)21-27)35(43)36(44)41(33)37-39-40-38(48-37)47-23-26-10-8-24(2)9-11-26/h4-19,21,33,42H,1,20,22-23H2,2-3H3. The number of hydrogen-bond donors (Lipinski definition) is 1. The van der Waals surface area contributed by atoms with Gasteiger partial charge in [0.1, 0.15) is 30.5 Å². The maximum atomic E-state index is 13.7. The summed E-state index contributed by atoms with van der Waals surface area (Å²) in [6.07, 6.45) is 1.64. The first-order valence-electron chi connectivity index (χ1n) is 15.3. The average Bonchev–Trinajstić information content (AvgIpc) is 3.67. The highest BCUT2D eigenvalue weighted by Gasteiger charge is 2.48. The molecule has 4 aromatic carbocycles. The van der Waals surface area contributed by atoms with Gasteiger partial charge in [0.15, 0.2) is 4.34 Å². The first-order valence-corrected chi connectivity index (χ1v) is 17.1. The minimum atomic E-state index is -0.946. The molecule has 1 aliphatic heterocycles. The van der Waals surface area contributed by atoms with Crippen LogP contribution in [0.1, 0.15) is 39.4 Å². The van der Waals surface area contributed by atoms with Gasteiger partial charge in [-0.05, 0) is 66.9 Å². The fraction of sp³-hybridized carbons (Fsp3) is 0.158. The summed E-state index contributed by atoms with van der Waals surface area (Å²) in [5.74, 6) is -0.0244. The fourth-order valence-electron chi connectivity index (χ4n) is 5.27. The molecule has 242 valence electrons.